The monoisotopic (exact) mass is 316 g/mol. The molecule has 2 heteroatoms. The molecule has 2 aliphatic rings. The third kappa shape index (κ3) is 5.87. The van der Waals surface area contributed by atoms with Crippen LogP contribution < -0.4 is 5.73 Å². The summed E-state index contributed by atoms with van der Waals surface area (Å²) in [4.78, 5) is 2.43. The molecule has 1 unspecified atom stereocenters. The maximum Gasteiger partial charge on any atom is 0.0745 e. The van der Waals surface area contributed by atoms with Crippen molar-refractivity contribution < 1.29 is 0 Å². The van der Waals surface area contributed by atoms with Crippen molar-refractivity contribution in [1.29, 1.82) is 0 Å². The molecule has 1 atom stereocenters. The molecular formula is C21H36N2. The molecule has 1 aliphatic heterocycles. The van der Waals surface area contributed by atoms with Crippen LogP contribution in [0.25, 0.3) is 0 Å². The molecule has 1 heterocycles. The van der Waals surface area contributed by atoms with Gasteiger partial charge in [-0.1, -0.05) is 70.2 Å². The SMILES string of the molecule is C=C(N)C(C(/C=C\C)=C/C)N1CC2=C(CCC=C2)C1.CC.CC. The van der Waals surface area contributed by atoms with Crippen LogP contribution in [-0.2, 0) is 0 Å². The summed E-state index contributed by atoms with van der Waals surface area (Å²) in [5.74, 6) is 0. The quantitative estimate of drug-likeness (QED) is 0.707. The van der Waals surface area contributed by atoms with Gasteiger partial charge in [-0.2, -0.15) is 0 Å². The molecule has 23 heavy (non-hydrogen) atoms. The Balaban J connectivity index is 0.00000112. The fourth-order valence-electron chi connectivity index (χ4n) is 3.01. The Kier molecular flexibility index (Phi) is 11.2. The van der Waals surface area contributed by atoms with E-state index in [1.165, 1.54) is 24.0 Å². The van der Waals surface area contributed by atoms with E-state index >= 15 is 0 Å². The molecule has 130 valence electrons. The molecule has 0 saturated carbocycles. The van der Waals surface area contributed by atoms with Crippen molar-refractivity contribution in [3.63, 3.8) is 0 Å². The minimum absolute atomic E-state index is 0.125. The Hall–Kier alpha value is -1.54. The van der Waals surface area contributed by atoms with Crippen molar-refractivity contribution in [2.45, 2.75) is 60.4 Å². The van der Waals surface area contributed by atoms with Crippen LogP contribution in [-0.4, -0.2) is 24.0 Å². The van der Waals surface area contributed by atoms with Gasteiger partial charge in [0.25, 0.3) is 0 Å². The second-order valence-corrected chi connectivity index (χ2v) is 5.24. The third-order valence-electron chi connectivity index (χ3n) is 3.88. The highest BCUT2D eigenvalue weighted by molar-refractivity contribution is 5.39. The number of hydrogen-bond donors (Lipinski definition) is 1. The zero-order chi connectivity index (χ0) is 17.8. The second-order valence-electron chi connectivity index (χ2n) is 5.24. The average molecular weight is 317 g/mol. The van der Waals surface area contributed by atoms with Crippen molar-refractivity contribution in [3.05, 3.63) is 59.4 Å². The molecule has 0 radical (unpaired) electrons. The second kappa shape index (κ2) is 12.0. The Morgan fingerprint density at radius 1 is 1.22 bits per heavy atom. The average Bonchev–Trinajstić information content (AvgIpc) is 3.01. The first kappa shape index (κ1) is 21.5. The van der Waals surface area contributed by atoms with E-state index in [1.54, 1.807) is 5.57 Å². The van der Waals surface area contributed by atoms with Gasteiger partial charge in [0.1, 0.15) is 0 Å². The van der Waals surface area contributed by atoms with Crippen LogP contribution in [0.5, 0.6) is 0 Å². The fourth-order valence-corrected chi connectivity index (χ4v) is 3.01. The van der Waals surface area contributed by atoms with Crippen LogP contribution in [0.3, 0.4) is 0 Å². The highest BCUT2D eigenvalue weighted by Gasteiger charge is 2.29. The number of rotatable bonds is 4. The van der Waals surface area contributed by atoms with E-state index < -0.39 is 0 Å². The Bertz CT molecular complexity index is 478. The van der Waals surface area contributed by atoms with Crippen molar-refractivity contribution in [2.24, 2.45) is 5.73 Å². The first-order valence-corrected chi connectivity index (χ1v) is 9.02. The first-order chi connectivity index (χ1) is 11.2. The molecule has 0 aromatic heterocycles. The van der Waals surface area contributed by atoms with E-state index in [9.17, 15) is 0 Å². The van der Waals surface area contributed by atoms with Crippen molar-refractivity contribution in [1.82, 2.24) is 4.90 Å². The fraction of sp³-hybridized carbons (Fsp3) is 0.524. The molecule has 0 fully saturated rings. The smallest absolute Gasteiger partial charge is 0.0745 e. The summed E-state index contributed by atoms with van der Waals surface area (Å²) in [6.07, 6.45) is 13.3. The van der Waals surface area contributed by atoms with E-state index in [1.807, 2.05) is 34.6 Å². The number of nitrogens with two attached hydrogens (primary N) is 1. The van der Waals surface area contributed by atoms with Gasteiger partial charge in [-0.15, -0.1) is 0 Å². The lowest BCUT2D eigenvalue weighted by molar-refractivity contribution is 0.309. The standard InChI is InChI=1S/C17H24N2.2C2H6/c1-4-8-14(5-2)17(13(3)18)19-11-15-9-6-7-10-16(15)12-19;2*1-2/h4-6,8-9,17H,3,7,10-12,18H2,1-2H3;2*1-2H3/b8-4-,14-5+;;. The van der Waals surface area contributed by atoms with Gasteiger partial charge in [0.2, 0.25) is 0 Å². The van der Waals surface area contributed by atoms with Crippen LogP contribution in [0, 0.1) is 0 Å². The zero-order valence-electron chi connectivity index (χ0n) is 16.0. The van der Waals surface area contributed by atoms with Crippen LogP contribution in [0.1, 0.15) is 54.4 Å². The summed E-state index contributed by atoms with van der Waals surface area (Å²) in [5, 5.41) is 0. The summed E-state index contributed by atoms with van der Waals surface area (Å²) in [6.45, 7) is 18.1. The lowest BCUT2D eigenvalue weighted by Crippen LogP contribution is -2.38. The predicted molar refractivity (Wildman–Crippen MR) is 105 cm³/mol. The molecule has 1 aliphatic carbocycles. The Labute approximate surface area is 144 Å². The van der Waals surface area contributed by atoms with Gasteiger partial charge in [0, 0.05) is 18.8 Å². The van der Waals surface area contributed by atoms with Gasteiger partial charge in [-0.3, -0.25) is 4.90 Å². The topological polar surface area (TPSA) is 29.3 Å². The molecule has 0 aromatic carbocycles. The van der Waals surface area contributed by atoms with Gasteiger partial charge >= 0.3 is 0 Å². The summed E-state index contributed by atoms with van der Waals surface area (Å²) in [7, 11) is 0. The summed E-state index contributed by atoms with van der Waals surface area (Å²) in [5.41, 5.74) is 11.1. The van der Waals surface area contributed by atoms with Crippen LogP contribution in [0.15, 0.2) is 59.4 Å². The summed E-state index contributed by atoms with van der Waals surface area (Å²) < 4.78 is 0. The van der Waals surface area contributed by atoms with Crippen LogP contribution in [0.4, 0.5) is 0 Å². The lowest BCUT2D eigenvalue weighted by Gasteiger charge is -2.29. The number of nitrogens with zero attached hydrogens (tertiary/aromatic N) is 1. The van der Waals surface area contributed by atoms with E-state index in [4.69, 9.17) is 5.73 Å². The third-order valence-corrected chi connectivity index (χ3v) is 3.88. The van der Waals surface area contributed by atoms with E-state index in [0.29, 0.717) is 0 Å². The van der Waals surface area contributed by atoms with E-state index in [-0.39, 0.29) is 6.04 Å². The van der Waals surface area contributed by atoms with Gasteiger partial charge in [0.15, 0.2) is 0 Å². The summed E-state index contributed by atoms with van der Waals surface area (Å²) in [6, 6.07) is 0.125. The molecular weight excluding hydrogens is 280 g/mol. The van der Waals surface area contributed by atoms with Gasteiger partial charge in [-0.05, 0) is 37.8 Å². The largest absolute Gasteiger partial charge is 0.401 e. The maximum atomic E-state index is 6.07. The zero-order valence-corrected chi connectivity index (χ0v) is 16.0. The predicted octanol–water partition coefficient (Wildman–Crippen LogP) is 5.36. The van der Waals surface area contributed by atoms with Crippen LogP contribution in [0.2, 0.25) is 0 Å². The van der Waals surface area contributed by atoms with E-state index in [0.717, 1.165) is 18.8 Å². The molecule has 0 aromatic rings. The summed E-state index contributed by atoms with van der Waals surface area (Å²) >= 11 is 0. The molecule has 2 nitrogen and oxygen atoms in total. The highest BCUT2D eigenvalue weighted by atomic mass is 15.2. The van der Waals surface area contributed by atoms with Gasteiger partial charge < -0.3 is 5.73 Å². The lowest BCUT2D eigenvalue weighted by atomic mass is 10.0. The van der Waals surface area contributed by atoms with E-state index in [2.05, 4.69) is 48.8 Å². The van der Waals surface area contributed by atoms with Crippen molar-refractivity contribution in [3.8, 4) is 0 Å². The molecule has 2 N–H and O–H groups in total. The molecule has 0 amide bonds. The molecule has 0 bridgehead atoms. The Morgan fingerprint density at radius 3 is 2.35 bits per heavy atom. The number of allylic oxidation sites excluding steroid dienone is 3. The Morgan fingerprint density at radius 2 is 1.87 bits per heavy atom. The van der Waals surface area contributed by atoms with Crippen molar-refractivity contribution >= 4 is 0 Å². The van der Waals surface area contributed by atoms with Crippen molar-refractivity contribution in [2.75, 3.05) is 13.1 Å². The normalized spacial score (nSPS) is 18.8. The highest BCUT2D eigenvalue weighted by Crippen LogP contribution is 2.30. The minimum atomic E-state index is 0.125. The molecule has 0 saturated heterocycles. The van der Waals surface area contributed by atoms with Crippen LogP contribution >= 0.6 is 0 Å². The molecule has 2 rings (SSSR count). The molecule has 0 spiro atoms. The van der Waals surface area contributed by atoms with Gasteiger partial charge in [0.05, 0.1) is 6.04 Å². The number of hydrogen-bond acceptors (Lipinski definition) is 2. The minimum Gasteiger partial charge on any atom is -0.401 e. The van der Waals surface area contributed by atoms with Gasteiger partial charge in [-0.25, -0.2) is 0 Å². The first-order valence-electron chi connectivity index (χ1n) is 9.02. The maximum absolute atomic E-state index is 6.07.